The maximum atomic E-state index is 10.6. The van der Waals surface area contributed by atoms with Gasteiger partial charge in [-0.3, -0.25) is 4.68 Å². The van der Waals surface area contributed by atoms with Gasteiger partial charge in [0.05, 0.1) is 6.20 Å². The van der Waals surface area contributed by atoms with Crippen LogP contribution in [0.5, 0.6) is 0 Å². The number of nitrogens with zero attached hydrogens (tertiary/aromatic N) is 2. The molecular weight excluding hydrogens is 262 g/mol. The van der Waals surface area contributed by atoms with Crippen molar-refractivity contribution in [2.45, 2.75) is 37.8 Å². The molecule has 1 aromatic carbocycles. The van der Waals surface area contributed by atoms with Gasteiger partial charge < -0.3 is 10.4 Å². The molecule has 2 unspecified atom stereocenters. The molecule has 0 saturated carbocycles. The molecule has 2 aromatic rings. The zero-order valence-electron chi connectivity index (χ0n) is 12.7. The quantitative estimate of drug-likeness (QED) is 0.900. The molecule has 21 heavy (non-hydrogen) atoms. The van der Waals surface area contributed by atoms with Crippen molar-refractivity contribution >= 4 is 0 Å². The first-order chi connectivity index (χ1) is 10.0. The van der Waals surface area contributed by atoms with E-state index in [0.717, 1.165) is 24.8 Å². The molecule has 0 aliphatic heterocycles. The molecule has 1 heterocycles. The number of fused-ring (bicyclic) bond motifs is 1. The highest BCUT2D eigenvalue weighted by Crippen LogP contribution is 2.23. The predicted octanol–water partition coefficient (Wildman–Crippen LogP) is 1.77. The number of benzene rings is 1. The van der Waals surface area contributed by atoms with Crippen LogP contribution in [0.3, 0.4) is 0 Å². The smallest absolute Gasteiger partial charge is 0.102 e. The van der Waals surface area contributed by atoms with Gasteiger partial charge in [0.15, 0.2) is 0 Å². The van der Waals surface area contributed by atoms with E-state index in [2.05, 4.69) is 34.7 Å². The van der Waals surface area contributed by atoms with Crippen LogP contribution < -0.4 is 5.32 Å². The van der Waals surface area contributed by atoms with Crippen molar-refractivity contribution in [2.75, 3.05) is 6.54 Å². The van der Waals surface area contributed by atoms with Crippen molar-refractivity contribution in [3.8, 4) is 0 Å². The highest BCUT2D eigenvalue weighted by molar-refractivity contribution is 5.30. The van der Waals surface area contributed by atoms with E-state index in [-0.39, 0.29) is 0 Å². The van der Waals surface area contributed by atoms with E-state index in [9.17, 15) is 5.11 Å². The maximum Gasteiger partial charge on any atom is 0.102 e. The largest absolute Gasteiger partial charge is 0.384 e. The molecule has 0 radical (unpaired) electrons. The van der Waals surface area contributed by atoms with Crippen LogP contribution in [-0.2, 0) is 25.5 Å². The summed E-state index contributed by atoms with van der Waals surface area (Å²) in [4.78, 5) is 0. The number of rotatable bonds is 4. The van der Waals surface area contributed by atoms with Crippen LogP contribution in [0.1, 0.15) is 30.0 Å². The van der Waals surface area contributed by atoms with Gasteiger partial charge in [-0.05, 0) is 37.3 Å². The Kier molecular flexibility index (Phi) is 3.83. The Morgan fingerprint density at radius 3 is 2.86 bits per heavy atom. The van der Waals surface area contributed by atoms with Crippen molar-refractivity contribution < 1.29 is 5.11 Å². The third-order valence-corrected chi connectivity index (χ3v) is 4.41. The molecule has 112 valence electrons. The Labute approximate surface area is 125 Å². The van der Waals surface area contributed by atoms with Gasteiger partial charge in [0, 0.05) is 31.4 Å². The highest BCUT2D eigenvalue weighted by atomic mass is 16.3. The Balaban J connectivity index is 1.61. The molecule has 0 bridgehead atoms. The number of aryl methyl sites for hydroxylation is 2. The average molecular weight is 285 g/mol. The van der Waals surface area contributed by atoms with Gasteiger partial charge in [0.25, 0.3) is 0 Å². The normalized spacial score (nSPS) is 20.8. The summed E-state index contributed by atoms with van der Waals surface area (Å²) in [6.45, 7) is 2.39. The summed E-state index contributed by atoms with van der Waals surface area (Å²) in [7, 11) is 1.87. The molecule has 2 N–H and O–H groups in total. The number of nitrogens with one attached hydrogen (secondary N) is 1. The monoisotopic (exact) mass is 285 g/mol. The summed E-state index contributed by atoms with van der Waals surface area (Å²) in [5, 5.41) is 18.3. The first kappa shape index (κ1) is 14.3. The second kappa shape index (κ2) is 5.62. The van der Waals surface area contributed by atoms with Gasteiger partial charge in [-0.15, -0.1) is 0 Å². The Hall–Kier alpha value is -1.65. The van der Waals surface area contributed by atoms with Crippen LogP contribution in [0.4, 0.5) is 0 Å². The Morgan fingerprint density at radius 1 is 1.38 bits per heavy atom. The lowest BCUT2D eigenvalue weighted by molar-refractivity contribution is 0.0531. The van der Waals surface area contributed by atoms with Gasteiger partial charge in [-0.25, -0.2) is 0 Å². The van der Waals surface area contributed by atoms with Crippen molar-refractivity contribution in [2.24, 2.45) is 7.05 Å². The van der Waals surface area contributed by atoms with Crippen molar-refractivity contribution in [3.05, 3.63) is 53.3 Å². The topological polar surface area (TPSA) is 50.1 Å². The van der Waals surface area contributed by atoms with Gasteiger partial charge in [-0.2, -0.15) is 5.10 Å². The van der Waals surface area contributed by atoms with Crippen molar-refractivity contribution in [1.29, 1.82) is 0 Å². The molecule has 0 saturated heterocycles. The number of aliphatic hydroxyl groups is 1. The summed E-state index contributed by atoms with van der Waals surface area (Å²) >= 11 is 0. The Bertz CT molecular complexity index is 618. The second-order valence-corrected chi connectivity index (χ2v) is 6.27. The fraction of sp³-hybridized carbons (Fsp3) is 0.471. The van der Waals surface area contributed by atoms with E-state index in [0.29, 0.717) is 12.6 Å². The highest BCUT2D eigenvalue weighted by Gasteiger charge is 2.26. The van der Waals surface area contributed by atoms with Gasteiger partial charge in [0.2, 0.25) is 0 Å². The lowest BCUT2D eigenvalue weighted by Crippen LogP contribution is -2.43. The number of aromatic nitrogens is 2. The zero-order valence-corrected chi connectivity index (χ0v) is 12.7. The molecule has 2 atom stereocenters. The summed E-state index contributed by atoms with van der Waals surface area (Å²) < 4.78 is 1.72. The predicted molar refractivity (Wildman–Crippen MR) is 83.0 cm³/mol. The molecule has 1 aliphatic rings. The summed E-state index contributed by atoms with van der Waals surface area (Å²) in [5.74, 6) is 0. The molecule has 1 aliphatic carbocycles. The summed E-state index contributed by atoms with van der Waals surface area (Å²) in [5.41, 5.74) is 2.87. The fourth-order valence-electron chi connectivity index (χ4n) is 3.02. The molecular formula is C17H23N3O. The SMILES string of the molecule is Cn1cc(C(C)(O)CNC2CCc3ccccc3C2)cn1. The van der Waals surface area contributed by atoms with Crippen LogP contribution in [-0.4, -0.2) is 27.5 Å². The van der Waals surface area contributed by atoms with Crippen molar-refractivity contribution in [1.82, 2.24) is 15.1 Å². The zero-order chi connectivity index (χ0) is 14.9. The van der Waals surface area contributed by atoms with E-state index in [1.165, 1.54) is 11.1 Å². The second-order valence-electron chi connectivity index (χ2n) is 6.27. The molecule has 0 amide bonds. The van der Waals surface area contributed by atoms with E-state index >= 15 is 0 Å². The molecule has 4 heteroatoms. The molecule has 0 fully saturated rings. The van der Waals surface area contributed by atoms with Crippen LogP contribution in [0.2, 0.25) is 0 Å². The van der Waals surface area contributed by atoms with Crippen LogP contribution >= 0.6 is 0 Å². The number of hydrogen-bond acceptors (Lipinski definition) is 3. The standard InChI is InChI=1S/C17H23N3O/c1-17(21,15-10-19-20(2)11-15)12-18-16-8-7-13-5-3-4-6-14(13)9-16/h3-6,10-11,16,18,21H,7-9,12H2,1-2H3. The average Bonchev–Trinajstić information content (AvgIpc) is 2.92. The fourth-order valence-corrected chi connectivity index (χ4v) is 3.02. The summed E-state index contributed by atoms with van der Waals surface area (Å²) in [6, 6.07) is 9.08. The van der Waals surface area contributed by atoms with E-state index in [1.54, 1.807) is 10.9 Å². The number of hydrogen-bond donors (Lipinski definition) is 2. The minimum absolute atomic E-state index is 0.433. The van der Waals surface area contributed by atoms with Crippen molar-refractivity contribution in [3.63, 3.8) is 0 Å². The minimum atomic E-state index is -0.884. The lowest BCUT2D eigenvalue weighted by atomic mass is 9.88. The lowest BCUT2D eigenvalue weighted by Gasteiger charge is -2.29. The third-order valence-electron chi connectivity index (χ3n) is 4.41. The van der Waals surface area contributed by atoms with Gasteiger partial charge >= 0.3 is 0 Å². The minimum Gasteiger partial charge on any atom is -0.384 e. The van der Waals surface area contributed by atoms with E-state index in [4.69, 9.17) is 0 Å². The molecule has 4 nitrogen and oxygen atoms in total. The van der Waals surface area contributed by atoms with Gasteiger partial charge in [-0.1, -0.05) is 24.3 Å². The van der Waals surface area contributed by atoms with Gasteiger partial charge in [0.1, 0.15) is 5.60 Å². The summed E-state index contributed by atoms with van der Waals surface area (Å²) in [6.07, 6.45) is 6.89. The van der Waals surface area contributed by atoms with Crippen LogP contribution in [0, 0.1) is 0 Å². The van der Waals surface area contributed by atoms with Crippen LogP contribution in [0.25, 0.3) is 0 Å². The molecule has 3 rings (SSSR count). The molecule has 1 aromatic heterocycles. The van der Waals surface area contributed by atoms with E-state index in [1.807, 2.05) is 20.2 Å². The molecule has 0 spiro atoms. The van der Waals surface area contributed by atoms with E-state index < -0.39 is 5.60 Å². The maximum absolute atomic E-state index is 10.6. The Morgan fingerprint density at radius 2 is 2.14 bits per heavy atom. The first-order valence-corrected chi connectivity index (χ1v) is 7.56. The first-order valence-electron chi connectivity index (χ1n) is 7.56. The third kappa shape index (κ3) is 3.17. The van der Waals surface area contributed by atoms with Crippen LogP contribution in [0.15, 0.2) is 36.7 Å².